The standard InChI is InChI=1S/C22H13NO2/c23-14-15-10-12-17(13-11-15)20(16-6-2-1-3-7-16)22-21(24)18-8-4-5-9-19(18)25-22/h1-13H/b22-20+. The maximum Gasteiger partial charge on any atom is 0.232 e. The highest BCUT2D eigenvalue weighted by atomic mass is 16.5. The SMILES string of the molecule is N#Cc1ccc(/C(=C2/Oc3ccccc3C2=O)c2ccccc2)cc1. The summed E-state index contributed by atoms with van der Waals surface area (Å²) in [4.78, 5) is 12.9. The first-order chi connectivity index (χ1) is 12.3. The van der Waals surface area contributed by atoms with E-state index in [0.717, 1.165) is 16.7 Å². The molecule has 0 amide bonds. The molecule has 1 aliphatic heterocycles. The third-order valence-electron chi connectivity index (χ3n) is 4.14. The number of benzene rings is 3. The van der Waals surface area contributed by atoms with Crippen LogP contribution in [0.2, 0.25) is 0 Å². The molecular formula is C22H13NO2. The predicted octanol–water partition coefficient (Wildman–Crippen LogP) is 4.59. The van der Waals surface area contributed by atoms with Crippen LogP contribution in [0.25, 0.3) is 5.57 Å². The molecule has 0 saturated carbocycles. The van der Waals surface area contributed by atoms with Crippen LogP contribution in [0.4, 0.5) is 0 Å². The van der Waals surface area contributed by atoms with Gasteiger partial charge in [-0.3, -0.25) is 4.79 Å². The Morgan fingerprint density at radius 3 is 2.12 bits per heavy atom. The van der Waals surface area contributed by atoms with E-state index in [9.17, 15) is 4.79 Å². The van der Waals surface area contributed by atoms with E-state index in [1.54, 1.807) is 24.3 Å². The van der Waals surface area contributed by atoms with Crippen LogP contribution in [0.15, 0.2) is 84.6 Å². The molecule has 4 rings (SSSR count). The molecule has 0 saturated heterocycles. The normalized spacial score (nSPS) is 14.4. The molecule has 25 heavy (non-hydrogen) atoms. The summed E-state index contributed by atoms with van der Waals surface area (Å²) in [7, 11) is 0. The summed E-state index contributed by atoms with van der Waals surface area (Å²) in [5, 5.41) is 9.02. The van der Waals surface area contributed by atoms with Gasteiger partial charge in [-0.2, -0.15) is 5.26 Å². The van der Waals surface area contributed by atoms with Crippen molar-refractivity contribution in [3.8, 4) is 11.8 Å². The number of carbonyl (C=O) groups excluding carboxylic acids is 1. The monoisotopic (exact) mass is 323 g/mol. The van der Waals surface area contributed by atoms with Gasteiger partial charge in [-0.15, -0.1) is 0 Å². The molecule has 1 heterocycles. The zero-order valence-corrected chi connectivity index (χ0v) is 13.3. The number of hydrogen-bond donors (Lipinski definition) is 0. The lowest BCUT2D eigenvalue weighted by Gasteiger charge is -2.11. The van der Waals surface area contributed by atoms with Crippen molar-refractivity contribution in [2.24, 2.45) is 0 Å². The molecule has 0 spiro atoms. The van der Waals surface area contributed by atoms with Crippen LogP contribution in [0.3, 0.4) is 0 Å². The van der Waals surface area contributed by atoms with Gasteiger partial charge >= 0.3 is 0 Å². The van der Waals surface area contributed by atoms with Crippen molar-refractivity contribution in [3.05, 3.63) is 107 Å². The first kappa shape index (κ1) is 14.9. The van der Waals surface area contributed by atoms with Crippen LogP contribution in [0.1, 0.15) is 27.0 Å². The number of para-hydroxylation sites is 1. The number of Topliss-reactive ketones (excluding diaryl/α,β-unsaturated/α-hetero) is 1. The lowest BCUT2D eigenvalue weighted by atomic mass is 9.94. The Morgan fingerprint density at radius 2 is 1.44 bits per heavy atom. The number of carbonyl (C=O) groups is 1. The van der Waals surface area contributed by atoms with E-state index in [4.69, 9.17) is 10.00 Å². The molecule has 0 bridgehead atoms. The second kappa shape index (κ2) is 6.10. The quantitative estimate of drug-likeness (QED) is 0.648. The summed E-state index contributed by atoms with van der Waals surface area (Å²) in [5.74, 6) is 0.764. The first-order valence-electron chi connectivity index (χ1n) is 7.90. The molecule has 3 heteroatoms. The highest BCUT2D eigenvalue weighted by molar-refractivity contribution is 6.17. The second-order valence-corrected chi connectivity index (χ2v) is 5.69. The van der Waals surface area contributed by atoms with Gasteiger partial charge in [-0.1, -0.05) is 54.6 Å². The van der Waals surface area contributed by atoms with Crippen molar-refractivity contribution in [3.63, 3.8) is 0 Å². The first-order valence-corrected chi connectivity index (χ1v) is 7.90. The summed E-state index contributed by atoms with van der Waals surface area (Å²) in [6.07, 6.45) is 0. The number of ketones is 1. The van der Waals surface area contributed by atoms with Crippen LogP contribution in [-0.2, 0) is 0 Å². The zero-order chi connectivity index (χ0) is 17.2. The molecule has 0 unspecified atom stereocenters. The summed E-state index contributed by atoms with van der Waals surface area (Å²) in [6.45, 7) is 0. The number of allylic oxidation sites excluding steroid dienone is 1. The summed E-state index contributed by atoms with van der Waals surface area (Å²) in [6, 6.07) is 26.2. The summed E-state index contributed by atoms with van der Waals surface area (Å²) < 4.78 is 5.91. The fourth-order valence-corrected chi connectivity index (χ4v) is 2.93. The van der Waals surface area contributed by atoms with Crippen molar-refractivity contribution >= 4 is 11.4 Å². The number of rotatable bonds is 2. The smallest absolute Gasteiger partial charge is 0.232 e. The molecular weight excluding hydrogens is 310 g/mol. The van der Waals surface area contributed by atoms with Crippen LogP contribution in [0.5, 0.6) is 5.75 Å². The average Bonchev–Trinajstić information content (AvgIpc) is 3.00. The molecule has 3 aromatic carbocycles. The van der Waals surface area contributed by atoms with Crippen LogP contribution in [0, 0.1) is 11.3 Å². The molecule has 0 radical (unpaired) electrons. The Bertz CT molecular complexity index is 1030. The fourth-order valence-electron chi connectivity index (χ4n) is 2.93. The Labute approximate surface area is 145 Å². The lowest BCUT2D eigenvalue weighted by molar-refractivity contribution is 0.101. The second-order valence-electron chi connectivity index (χ2n) is 5.69. The van der Waals surface area contributed by atoms with Gasteiger partial charge in [0.05, 0.1) is 17.2 Å². The van der Waals surface area contributed by atoms with Crippen LogP contribution >= 0.6 is 0 Å². The van der Waals surface area contributed by atoms with Crippen molar-refractivity contribution < 1.29 is 9.53 Å². The topological polar surface area (TPSA) is 50.1 Å². The van der Waals surface area contributed by atoms with E-state index < -0.39 is 0 Å². The number of nitriles is 1. The van der Waals surface area contributed by atoms with Crippen molar-refractivity contribution in [1.29, 1.82) is 5.26 Å². The van der Waals surface area contributed by atoms with Gasteiger partial charge in [-0.25, -0.2) is 0 Å². The molecule has 1 aliphatic rings. The molecule has 0 atom stereocenters. The largest absolute Gasteiger partial charge is 0.452 e. The van der Waals surface area contributed by atoms with Crippen LogP contribution in [-0.4, -0.2) is 5.78 Å². The fraction of sp³-hybridized carbons (Fsp3) is 0. The summed E-state index contributed by atoms with van der Waals surface area (Å²) >= 11 is 0. The third-order valence-corrected chi connectivity index (χ3v) is 4.14. The van der Waals surface area contributed by atoms with E-state index in [-0.39, 0.29) is 5.78 Å². The molecule has 118 valence electrons. The van der Waals surface area contributed by atoms with E-state index >= 15 is 0 Å². The van der Waals surface area contributed by atoms with Crippen molar-refractivity contribution in [1.82, 2.24) is 0 Å². The molecule has 0 N–H and O–H groups in total. The van der Waals surface area contributed by atoms with Gasteiger partial charge < -0.3 is 4.74 Å². The van der Waals surface area contributed by atoms with Gasteiger partial charge in [-0.05, 0) is 35.4 Å². The Morgan fingerprint density at radius 1 is 0.800 bits per heavy atom. The molecule has 0 aromatic heterocycles. The maximum atomic E-state index is 12.9. The Hall–Kier alpha value is -3.64. The lowest BCUT2D eigenvalue weighted by Crippen LogP contribution is -2.04. The highest BCUT2D eigenvalue weighted by Crippen LogP contribution is 2.37. The number of ether oxygens (including phenoxy) is 1. The minimum atomic E-state index is -0.126. The van der Waals surface area contributed by atoms with E-state index in [0.29, 0.717) is 22.6 Å². The maximum absolute atomic E-state index is 12.9. The Balaban J connectivity index is 1.93. The minimum Gasteiger partial charge on any atom is -0.452 e. The Kier molecular flexibility index (Phi) is 3.64. The van der Waals surface area contributed by atoms with E-state index in [1.807, 2.05) is 54.6 Å². The molecule has 0 fully saturated rings. The van der Waals surface area contributed by atoms with Gasteiger partial charge in [0.15, 0.2) is 5.76 Å². The number of fused-ring (bicyclic) bond motifs is 1. The third kappa shape index (κ3) is 2.60. The molecule has 0 aliphatic carbocycles. The van der Waals surface area contributed by atoms with Crippen LogP contribution < -0.4 is 4.74 Å². The van der Waals surface area contributed by atoms with Crippen molar-refractivity contribution in [2.75, 3.05) is 0 Å². The molecule has 3 nitrogen and oxygen atoms in total. The highest BCUT2D eigenvalue weighted by Gasteiger charge is 2.30. The van der Waals surface area contributed by atoms with E-state index in [1.165, 1.54) is 0 Å². The van der Waals surface area contributed by atoms with Gasteiger partial charge in [0.1, 0.15) is 5.75 Å². The van der Waals surface area contributed by atoms with E-state index in [2.05, 4.69) is 6.07 Å². The van der Waals surface area contributed by atoms with Gasteiger partial charge in [0, 0.05) is 5.57 Å². The molecule has 3 aromatic rings. The summed E-state index contributed by atoms with van der Waals surface area (Å²) in [5.41, 5.74) is 3.60. The van der Waals surface area contributed by atoms with Gasteiger partial charge in [0.2, 0.25) is 5.78 Å². The number of nitrogens with zero attached hydrogens (tertiary/aromatic N) is 1. The van der Waals surface area contributed by atoms with Crippen molar-refractivity contribution in [2.45, 2.75) is 0 Å². The minimum absolute atomic E-state index is 0.126. The average molecular weight is 323 g/mol. The number of hydrogen-bond acceptors (Lipinski definition) is 3. The van der Waals surface area contributed by atoms with Gasteiger partial charge in [0.25, 0.3) is 0 Å². The predicted molar refractivity (Wildman–Crippen MR) is 95.0 cm³/mol. The zero-order valence-electron chi connectivity index (χ0n) is 13.3.